The number of nitrogens with one attached hydrogen (secondary N) is 2. The number of benzene rings is 2. The lowest BCUT2D eigenvalue weighted by Gasteiger charge is -2.11. The number of carboxylic acid groups (broad SMARTS) is 1. The van der Waals surface area contributed by atoms with E-state index in [-0.39, 0.29) is 17.6 Å². The Kier molecular flexibility index (Phi) is 6.57. The summed E-state index contributed by atoms with van der Waals surface area (Å²) < 4.78 is 5.52. The maximum atomic E-state index is 12.3. The first-order chi connectivity index (χ1) is 13.1. The number of carboxylic acids is 1. The summed E-state index contributed by atoms with van der Waals surface area (Å²) in [7, 11) is 0. The molecule has 142 valence electrons. The third kappa shape index (κ3) is 5.64. The van der Waals surface area contributed by atoms with Gasteiger partial charge in [-0.3, -0.25) is 4.79 Å². The van der Waals surface area contributed by atoms with Crippen LogP contribution in [0.25, 0.3) is 0 Å². The minimum atomic E-state index is -0.927. The zero-order chi connectivity index (χ0) is 19.1. The van der Waals surface area contributed by atoms with E-state index >= 15 is 0 Å². The maximum absolute atomic E-state index is 12.3. The molecule has 2 aromatic rings. The quantitative estimate of drug-likeness (QED) is 0.667. The zero-order valence-corrected chi connectivity index (χ0v) is 15.1. The summed E-state index contributed by atoms with van der Waals surface area (Å²) in [5, 5.41) is 15.2. The zero-order valence-electron chi connectivity index (χ0n) is 15.1. The molecule has 1 amide bonds. The number of hydrogen-bond donors (Lipinski definition) is 3. The Bertz CT molecular complexity index is 783. The standard InChI is InChI=1S/C21H24N2O4/c24-20(23-14-19-5-2-10-27-19)18-4-1-3-16(11-18)13-22-12-15-6-8-17(9-7-15)21(25)26/h1,3-4,6-9,11,19,22H,2,5,10,12-14H2,(H,23,24)(H,25,26). The number of aromatic carboxylic acids is 1. The first-order valence-electron chi connectivity index (χ1n) is 9.13. The monoisotopic (exact) mass is 368 g/mol. The van der Waals surface area contributed by atoms with Crippen molar-refractivity contribution in [3.8, 4) is 0 Å². The van der Waals surface area contributed by atoms with Gasteiger partial charge in [0.1, 0.15) is 0 Å². The van der Waals surface area contributed by atoms with Crippen molar-refractivity contribution in [1.82, 2.24) is 10.6 Å². The van der Waals surface area contributed by atoms with Crippen LogP contribution in [0.5, 0.6) is 0 Å². The summed E-state index contributed by atoms with van der Waals surface area (Å²) in [6, 6.07) is 14.3. The summed E-state index contributed by atoms with van der Waals surface area (Å²) in [6.07, 6.45) is 2.18. The number of carbonyl (C=O) groups is 2. The van der Waals surface area contributed by atoms with Crippen molar-refractivity contribution in [2.75, 3.05) is 13.2 Å². The highest BCUT2D eigenvalue weighted by atomic mass is 16.5. The van der Waals surface area contributed by atoms with Crippen molar-refractivity contribution in [2.45, 2.75) is 32.0 Å². The maximum Gasteiger partial charge on any atom is 0.335 e. The Balaban J connectivity index is 1.48. The Morgan fingerprint density at radius 1 is 1.04 bits per heavy atom. The van der Waals surface area contributed by atoms with Gasteiger partial charge in [0, 0.05) is 31.8 Å². The predicted octanol–water partition coefficient (Wildman–Crippen LogP) is 2.58. The smallest absolute Gasteiger partial charge is 0.335 e. The van der Waals surface area contributed by atoms with Crippen molar-refractivity contribution >= 4 is 11.9 Å². The van der Waals surface area contributed by atoms with Crippen molar-refractivity contribution < 1.29 is 19.4 Å². The molecule has 1 heterocycles. The van der Waals surface area contributed by atoms with Crippen LogP contribution in [0.4, 0.5) is 0 Å². The average molecular weight is 368 g/mol. The molecule has 6 nitrogen and oxygen atoms in total. The Morgan fingerprint density at radius 2 is 1.81 bits per heavy atom. The lowest BCUT2D eigenvalue weighted by atomic mass is 10.1. The molecule has 3 N–H and O–H groups in total. The van der Waals surface area contributed by atoms with E-state index in [1.807, 2.05) is 18.2 Å². The van der Waals surface area contributed by atoms with E-state index in [4.69, 9.17) is 9.84 Å². The molecule has 6 heteroatoms. The minimum Gasteiger partial charge on any atom is -0.478 e. The molecule has 1 aliphatic rings. The number of ether oxygens (including phenoxy) is 1. The van der Waals surface area contributed by atoms with E-state index in [0.717, 1.165) is 30.6 Å². The molecule has 27 heavy (non-hydrogen) atoms. The number of amides is 1. The van der Waals surface area contributed by atoms with Gasteiger partial charge >= 0.3 is 5.97 Å². The molecule has 1 atom stereocenters. The van der Waals surface area contributed by atoms with Crippen LogP contribution in [0.3, 0.4) is 0 Å². The van der Waals surface area contributed by atoms with Crippen LogP contribution >= 0.6 is 0 Å². The summed E-state index contributed by atoms with van der Waals surface area (Å²) in [5.74, 6) is -1.01. The molecule has 1 fully saturated rings. The topological polar surface area (TPSA) is 87.7 Å². The lowest BCUT2D eigenvalue weighted by molar-refractivity contribution is 0.0696. The molecule has 1 unspecified atom stereocenters. The predicted molar refractivity (Wildman–Crippen MR) is 102 cm³/mol. The Labute approximate surface area is 158 Å². The number of hydrogen-bond acceptors (Lipinski definition) is 4. The lowest BCUT2D eigenvalue weighted by Crippen LogP contribution is -2.31. The third-order valence-electron chi connectivity index (χ3n) is 4.56. The van der Waals surface area contributed by atoms with Crippen molar-refractivity contribution in [3.05, 3.63) is 70.8 Å². The van der Waals surface area contributed by atoms with E-state index in [1.165, 1.54) is 0 Å². The second-order valence-corrected chi connectivity index (χ2v) is 6.65. The number of carbonyl (C=O) groups excluding carboxylic acids is 1. The van der Waals surface area contributed by atoms with Crippen molar-refractivity contribution in [2.24, 2.45) is 0 Å². The van der Waals surface area contributed by atoms with Gasteiger partial charge in [0.05, 0.1) is 11.7 Å². The fraction of sp³-hybridized carbons (Fsp3) is 0.333. The van der Waals surface area contributed by atoms with E-state index in [9.17, 15) is 9.59 Å². The Morgan fingerprint density at radius 3 is 2.52 bits per heavy atom. The normalized spacial score (nSPS) is 16.2. The van der Waals surface area contributed by atoms with Crippen molar-refractivity contribution in [1.29, 1.82) is 0 Å². The van der Waals surface area contributed by atoms with Crippen LogP contribution in [-0.4, -0.2) is 36.2 Å². The van der Waals surface area contributed by atoms with Crippen LogP contribution < -0.4 is 10.6 Å². The molecule has 0 radical (unpaired) electrons. The Hall–Kier alpha value is -2.70. The fourth-order valence-electron chi connectivity index (χ4n) is 3.05. The molecule has 2 aromatic carbocycles. The second kappa shape index (κ2) is 9.30. The van der Waals surface area contributed by atoms with Crippen LogP contribution in [0.2, 0.25) is 0 Å². The molecule has 0 saturated carbocycles. The molecule has 0 aromatic heterocycles. The van der Waals surface area contributed by atoms with Gasteiger partial charge in [-0.05, 0) is 48.2 Å². The first kappa shape index (κ1) is 19.1. The van der Waals surface area contributed by atoms with Crippen LogP contribution in [-0.2, 0) is 17.8 Å². The van der Waals surface area contributed by atoms with Gasteiger partial charge in [0.15, 0.2) is 0 Å². The first-order valence-corrected chi connectivity index (χ1v) is 9.13. The summed E-state index contributed by atoms with van der Waals surface area (Å²) in [6.45, 7) is 2.57. The van der Waals surface area contributed by atoms with Gasteiger partial charge in [0.25, 0.3) is 5.91 Å². The van der Waals surface area contributed by atoms with E-state index in [0.29, 0.717) is 25.2 Å². The second-order valence-electron chi connectivity index (χ2n) is 6.65. The highest BCUT2D eigenvalue weighted by molar-refractivity contribution is 5.94. The highest BCUT2D eigenvalue weighted by Crippen LogP contribution is 2.11. The van der Waals surface area contributed by atoms with E-state index in [1.54, 1.807) is 30.3 Å². The summed E-state index contributed by atoms with van der Waals surface area (Å²) in [5.41, 5.74) is 2.94. The van der Waals surface area contributed by atoms with Crippen LogP contribution in [0.15, 0.2) is 48.5 Å². The third-order valence-corrected chi connectivity index (χ3v) is 4.56. The van der Waals surface area contributed by atoms with Gasteiger partial charge in [0.2, 0.25) is 0 Å². The largest absolute Gasteiger partial charge is 0.478 e. The minimum absolute atomic E-state index is 0.0865. The molecule has 0 bridgehead atoms. The summed E-state index contributed by atoms with van der Waals surface area (Å²) >= 11 is 0. The van der Waals surface area contributed by atoms with Crippen LogP contribution in [0, 0.1) is 0 Å². The van der Waals surface area contributed by atoms with E-state index in [2.05, 4.69) is 10.6 Å². The molecule has 1 saturated heterocycles. The van der Waals surface area contributed by atoms with Gasteiger partial charge < -0.3 is 20.5 Å². The SMILES string of the molecule is O=C(O)c1ccc(CNCc2cccc(C(=O)NCC3CCCO3)c2)cc1. The molecule has 1 aliphatic heterocycles. The summed E-state index contributed by atoms with van der Waals surface area (Å²) in [4.78, 5) is 23.2. The van der Waals surface area contributed by atoms with Crippen molar-refractivity contribution in [3.63, 3.8) is 0 Å². The molecular formula is C21H24N2O4. The van der Waals surface area contributed by atoms with Crippen LogP contribution in [0.1, 0.15) is 44.7 Å². The van der Waals surface area contributed by atoms with Gasteiger partial charge in [-0.25, -0.2) is 4.79 Å². The molecule has 3 rings (SSSR count). The molecule has 0 aliphatic carbocycles. The van der Waals surface area contributed by atoms with Gasteiger partial charge in [-0.1, -0.05) is 24.3 Å². The fourth-order valence-corrected chi connectivity index (χ4v) is 3.05. The van der Waals surface area contributed by atoms with Gasteiger partial charge in [-0.2, -0.15) is 0 Å². The van der Waals surface area contributed by atoms with Gasteiger partial charge in [-0.15, -0.1) is 0 Å². The average Bonchev–Trinajstić information content (AvgIpc) is 3.20. The van der Waals surface area contributed by atoms with E-state index < -0.39 is 5.97 Å². The molecular weight excluding hydrogens is 344 g/mol. The number of rotatable bonds is 8. The molecule has 0 spiro atoms. The highest BCUT2D eigenvalue weighted by Gasteiger charge is 2.16.